The Balaban J connectivity index is 2.22. The number of H-pyrrole nitrogens is 1. The van der Waals surface area contributed by atoms with E-state index in [0.29, 0.717) is 28.0 Å². The van der Waals surface area contributed by atoms with Crippen LogP contribution in [0.15, 0.2) is 36.8 Å². The van der Waals surface area contributed by atoms with Gasteiger partial charge in [-0.2, -0.15) is 0 Å². The first-order chi connectivity index (χ1) is 11.3. The lowest BCUT2D eigenvalue weighted by Gasteiger charge is -2.17. The Hall–Kier alpha value is -2.94. The molecular weight excluding hydrogens is 332 g/mol. The highest BCUT2D eigenvalue weighted by Crippen LogP contribution is 2.30. The molecule has 0 aliphatic rings. The number of aromatic amines is 1. The fourth-order valence-corrected chi connectivity index (χ4v) is 2.89. The van der Waals surface area contributed by atoms with E-state index in [1.54, 1.807) is 24.3 Å². The van der Waals surface area contributed by atoms with Gasteiger partial charge >= 0.3 is 5.97 Å². The van der Waals surface area contributed by atoms with Gasteiger partial charge in [0.05, 0.1) is 28.6 Å². The number of nitrogens with zero attached hydrogens (tertiary/aromatic N) is 3. The van der Waals surface area contributed by atoms with Crippen LogP contribution in [-0.2, 0) is 10.0 Å². The summed E-state index contributed by atoms with van der Waals surface area (Å²) in [4.78, 5) is 22.4. The summed E-state index contributed by atoms with van der Waals surface area (Å²) < 4.78 is 24.6. The maximum Gasteiger partial charge on any atom is 0.338 e. The zero-order valence-corrected chi connectivity index (χ0v) is 13.7. The van der Waals surface area contributed by atoms with Crippen molar-refractivity contribution < 1.29 is 18.3 Å². The number of aromatic carboxylic acids is 1. The molecule has 0 amide bonds. The number of carboxylic acids is 1. The molecule has 8 nitrogen and oxygen atoms in total. The molecule has 3 aromatic rings. The predicted molar refractivity (Wildman–Crippen MR) is 89.5 cm³/mol. The number of rotatable bonds is 4. The standard InChI is InChI=1S/C15H14N4O4S/c1-19(24(2,22)23)10-5-3-4-9(6-10)13-12-11(15(20)21)7-16-14(12)18-8-17-13/h3-8H,1-2H3,(H,20,21)(H,16,17,18). The minimum absolute atomic E-state index is 0.0578. The summed E-state index contributed by atoms with van der Waals surface area (Å²) in [5.41, 5.74) is 1.93. The maximum absolute atomic E-state index is 11.7. The Kier molecular flexibility index (Phi) is 3.72. The van der Waals surface area contributed by atoms with Crippen molar-refractivity contribution in [3.63, 3.8) is 0 Å². The van der Waals surface area contributed by atoms with Crippen LogP contribution in [-0.4, -0.2) is 47.7 Å². The monoisotopic (exact) mass is 346 g/mol. The molecule has 0 spiro atoms. The summed E-state index contributed by atoms with van der Waals surface area (Å²) in [7, 11) is -1.96. The SMILES string of the molecule is CN(c1cccc(-c2ncnc3[nH]cc(C(=O)O)c23)c1)S(C)(=O)=O. The van der Waals surface area contributed by atoms with E-state index < -0.39 is 16.0 Å². The van der Waals surface area contributed by atoms with E-state index in [9.17, 15) is 18.3 Å². The van der Waals surface area contributed by atoms with Crippen molar-refractivity contribution in [3.8, 4) is 11.3 Å². The molecule has 2 N–H and O–H groups in total. The van der Waals surface area contributed by atoms with Crippen LogP contribution in [0.2, 0.25) is 0 Å². The van der Waals surface area contributed by atoms with Crippen LogP contribution in [0.1, 0.15) is 10.4 Å². The van der Waals surface area contributed by atoms with Crippen molar-refractivity contribution >= 4 is 32.7 Å². The third-order valence-electron chi connectivity index (χ3n) is 3.68. The first-order valence-electron chi connectivity index (χ1n) is 6.89. The van der Waals surface area contributed by atoms with Crippen molar-refractivity contribution in [3.05, 3.63) is 42.4 Å². The number of carboxylic acid groups (broad SMARTS) is 1. The highest BCUT2D eigenvalue weighted by molar-refractivity contribution is 7.92. The molecule has 3 rings (SSSR count). The van der Waals surface area contributed by atoms with Crippen LogP contribution in [0.5, 0.6) is 0 Å². The number of carbonyl (C=O) groups is 1. The van der Waals surface area contributed by atoms with E-state index in [-0.39, 0.29) is 5.56 Å². The molecule has 0 atom stereocenters. The number of hydrogen-bond donors (Lipinski definition) is 2. The average molecular weight is 346 g/mol. The lowest BCUT2D eigenvalue weighted by molar-refractivity contribution is 0.0699. The number of anilines is 1. The van der Waals surface area contributed by atoms with Gasteiger partial charge in [0.25, 0.3) is 0 Å². The topological polar surface area (TPSA) is 116 Å². The fraction of sp³-hybridized carbons (Fsp3) is 0.133. The summed E-state index contributed by atoms with van der Waals surface area (Å²) >= 11 is 0. The van der Waals surface area contributed by atoms with Gasteiger partial charge in [-0.15, -0.1) is 0 Å². The van der Waals surface area contributed by atoms with Gasteiger partial charge in [0, 0.05) is 18.8 Å². The third kappa shape index (κ3) is 2.69. The van der Waals surface area contributed by atoms with E-state index in [1.165, 1.54) is 19.6 Å². The number of sulfonamides is 1. The molecule has 2 heterocycles. The molecule has 0 aliphatic heterocycles. The van der Waals surface area contributed by atoms with Crippen LogP contribution in [0.3, 0.4) is 0 Å². The van der Waals surface area contributed by atoms with E-state index in [0.717, 1.165) is 10.6 Å². The highest BCUT2D eigenvalue weighted by Gasteiger charge is 2.18. The molecule has 9 heteroatoms. The van der Waals surface area contributed by atoms with E-state index in [4.69, 9.17) is 0 Å². The first-order valence-corrected chi connectivity index (χ1v) is 8.73. The third-order valence-corrected chi connectivity index (χ3v) is 4.89. The number of hydrogen-bond acceptors (Lipinski definition) is 5. The Bertz CT molecular complexity index is 1040. The molecule has 2 aromatic heterocycles. The molecule has 0 saturated carbocycles. The second kappa shape index (κ2) is 5.60. The summed E-state index contributed by atoms with van der Waals surface area (Å²) in [5.74, 6) is -1.10. The Morgan fingerprint density at radius 3 is 2.71 bits per heavy atom. The minimum atomic E-state index is -3.41. The van der Waals surface area contributed by atoms with Crippen molar-refractivity contribution in [1.29, 1.82) is 0 Å². The smallest absolute Gasteiger partial charge is 0.338 e. The Morgan fingerprint density at radius 1 is 1.29 bits per heavy atom. The van der Waals surface area contributed by atoms with Gasteiger partial charge in [-0.25, -0.2) is 23.2 Å². The zero-order valence-electron chi connectivity index (χ0n) is 12.9. The summed E-state index contributed by atoms with van der Waals surface area (Å²) in [6.07, 6.45) is 3.79. The van der Waals surface area contributed by atoms with Gasteiger partial charge in [-0.3, -0.25) is 4.31 Å². The van der Waals surface area contributed by atoms with Crippen LogP contribution in [0.4, 0.5) is 5.69 Å². The van der Waals surface area contributed by atoms with Crippen LogP contribution in [0.25, 0.3) is 22.3 Å². The quantitative estimate of drug-likeness (QED) is 0.743. The molecule has 0 bridgehead atoms. The minimum Gasteiger partial charge on any atom is -0.478 e. The van der Waals surface area contributed by atoms with Crippen molar-refractivity contribution in [2.24, 2.45) is 0 Å². The molecular formula is C15H14N4O4S. The van der Waals surface area contributed by atoms with Gasteiger partial charge in [0.15, 0.2) is 0 Å². The van der Waals surface area contributed by atoms with Crippen molar-refractivity contribution in [2.45, 2.75) is 0 Å². The van der Waals surface area contributed by atoms with Crippen LogP contribution < -0.4 is 4.31 Å². The van der Waals surface area contributed by atoms with Crippen LogP contribution >= 0.6 is 0 Å². The molecule has 1 aromatic carbocycles. The molecule has 0 unspecified atom stereocenters. The second-order valence-electron chi connectivity index (χ2n) is 5.23. The molecule has 0 radical (unpaired) electrons. The van der Waals surface area contributed by atoms with E-state index in [2.05, 4.69) is 15.0 Å². The van der Waals surface area contributed by atoms with Gasteiger partial charge in [0.1, 0.15) is 12.0 Å². The Morgan fingerprint density at radius 2 is 2.04 bits per heavy atom. The van der Waals surface area contributed by atoms with E-state index in [1.807, 2.05) is 0 Å². The highest BCUT2D eigenvalue weighted by atomic mass is 32.2. The van der Waals surface area contributed by atoms with Gasteiger partial charge < -0.3 is 10.1 Å². The first kappa shape index (κ1) is 15.9. The van der Waals surface area contributed by atoms with Gasteiger partial charge in [-0.1, -0.05) is 12.1 Å². The fourth-order valence-electron chi connectivity index (χ4n) is 2.39. The van der Waals surface area contributed by atoms with Crippen molar-refractivity contribution in [2.75, 3.05) is 17.6 Å². The number of fused-ring (bicyclic) bond motifs is 1. The lowest BCUT2D eigenvalue weighted by atomic mass is 10.1. The molecule has 124 valence electrons. The maximum atomic E-state index is 11.7. The largest absolute Gasteiger partial charge is 0.478 e. The number of aromatic nitrogens is 3. The predicted octanol–water partition coefficient (Wildman–Crippen LogP) is 1.72. The second-order valence-corrected chi connectivity index (χ2v) is 7.25. The summed E-state index contributed by atoms with van der Waals surface area (Å²) in [6.45, 7) is 0. The number of benzene rings is 1. The van der Waals surface area contributed by atoms with Gasteiger partial charge in [-0.05, 0) is 12.1 Å². The molecule has 0 saturated heterocycles. The van der Waals surface area contributed by atoms with Crippen LogP contribution in [0, 0.1) is 0 Å². The number of nitrogens with one attached hydrogen (secondary N) is 1. The lowest BCUT2D eigenvalue weighted by Crippen LogP contribution is -2.24. The average Bonchev–Trinajstić information content (AvgIpc) is 2.97. The molecule has 0 fully saturated rings. The summed E-state index contributed by atoms with van der Waals surface area (Å²) in [5, 5.41) is 9.71. The zero-order chi connectivity index (χ0) is 17.5. The Labute approximate surface area is 137 Å². The summed E-state index contributed by atoms with van der Waals surface area (Å²) in [6, 6.07) is 6.72. The van der Waals surface area contributed by atoms with E-state index >= 15 is 0 Å². The molecule has 0 aliphatic carbocycles. The normalized spacial score (nSPS) is 11.6. The van der Waals surface area contributed by atoms with Gasteiger partial charge in [0.2, 0.25) is 10.0 Å². The molecule has 24 heavy (non-hydrogen) atoms. The van der Waals surface area contributed by atoms with Crippen molar-refractivity contribution in [1.82, 2.24) is 15.0 Å².